The van der Waals surface area contributed by atoms with Gasteiger partial charge in [-0.2, -0.15) is 0 Å². The average molecular weight is 308 g/mol. The van der Waals surface area contributed by atoms with E-state index in [1.165, 1.54) is 7.11 Å². The first kappa shape index (κ1) is 17.4. The Bertz CT molecular complexity index is 512. The molecule has 21 heavy (non-hydrogen) atoms. The normalized spacial score (nSPS) is 11.9. The van der Waals surface area contributed by atoms with Gasteiger partial charge in [-0.05, 0) is 42.4 Å². The minimum atomic E-state index is -1.88. The van der Waals surface area contributed by atoms with Gasteiger partial charge >= 0.3 is 5.97 Å². The molecule has 1 aromatic rings. The number of ketones is 1. The van der Waals surface area contributed by atoms with Gasteiger partial charge in [-0.25, -0.2) is 0 Å². The molecule has 0 bridgehead atoms. The van der Waals surface area contributed by atoms with Gasteiger partial charge in [0, 0.05) is 5.56 Å². The van der Waals surface area contributed by atoms with Crippen LogP contribution < -0.4 is 4.43 Å². The van der Waals surface area contributed by atoms with E-state index in [0.717, 1.165) is 5.75 Å². The minimum Gasteiger partial charge on any atom is -0.544 e. The topological polar surface area (TPSA) is 52.6 Å². The molecule has 1 rings (SSSR count). The summed E-state index contributed by atoms with van der Waals surface area (Å²) in [6.07, 6.45) is -0.237. The van der Waals surface area contributed by atoms with Crippen LogP contribution >= 0.6 is 0 Å². The van der Waals surface area contributed by atoms with Crippen molar-refractivity contribution in [1.29, 1.82) is 0 Å². The van der Waals surface area contributed by atoms with Gasteiger partial charge in [-0.3, -0.25) is 9.59 Å². The third-order valence-electron chi connectivity index (χ3n) is 3.89. The fourth-order valence-electron chi connectivity index (χ4n) is 1.46. The molecule has 0 saturated carbocycles. The molecular formula is C16H24O4Si. The van der Waals surface area contributed by atoms with Crippen LogP contribution in [0.5, 0.6) is 5.75 Å². The van der Waals surface area contributed by atoms with Crippen molar-refractivity contribution < 1.29 is 18.8 Å². The molecule has 0 amide bonds. The minimum absolute atomic E-state index is 0.117. The fourth-order valence-corrected chi connectivity index (χ4v) is 2.49. The van der Waals surface area contributed by atoms with Crippen LogP contribution in [-0.4, -0.2) is 27.2 Å². The number of methoxy groups -OCH3 is 1. The van der Waals surface area contributed by atoms with E-state index in [0.29, 0.717) is 5.56 Å². The smallest absolute Gasteiger partial charge is 0.313 e. The second kappa shape index (κ2) is 6.43. The molecule has 0 radical (unpaired) electrons. The average Bonchev–Trinajstić information content (AvgIpc) is 2.37. The molecule has 116 valence electrons. The summed E-state index contributed by atoms with van der Waals surface area (Å²) in [5.74, 6) is -0.0152. The second-order valence-corrected chi connectivity index (χ2v) is 11.3. The standard InChI is InChI=1S/C16H24O4Si/c1-16(2,3)21(5,6)20-13-9-7-12(8-10-13)14(17)11-15(18)19-4/h7-10H,11H2,1-6H3. The number of esters is 1. The van der Waals surface area contributed by atoms with Crippen molar-refractivity contribution in [2.75, 3.05) is 7.11 Å². The van der Waals surface area contributed by atoms with Crippen LogP contribution in [0.4, 0.5) is 0 Å². The highest BCUT2D eigenvalue weighted by atomic mass is 28.4. The number of benzene rings is 1. The maximum Gasteiger partial charge on any atom is 0.313 e. The lowest BCUT2D eigenvalue weighted by Crippen LogP contribution is -2.43. The van der Waals surface area contributed by atoms with E-state index in [1.54, 1.807) is 24.3 Å². The zero-order chi connectivity index (χ0) is 16.3. The predicted octanol–water partition coefficient (Wildman–Crippen LogP) is 3.82. The summed E-state index contributed by atoms with van der Waals surface area (Å²) < 4.78 is 10.6. The number of hydrogen-bond donors (Lipinski definition) is 0. The number of rotatable bonds is 5. The van der Waals surface area contributed by atoms with Gasteiger partial charge in [0.05, 0.1) is 7.11 Å². The predicted molar refractivity (Wildman–Crippen MR) is 85.2 cm³/mol. The van der Waals surface area contributed by atoms with Gasteiger partial charge in [0.15, 0.2) is 5.78 Å². The van der Waals surface area contributed by atoms with Gasteiger partial charge in [-0.15, -0.1) is 0 Å². The first-order valence-electron chi connectivity index (χ1n) is 6.96. The molecule has 0 N–H and O–H groups in total. The van der Waals surface area contributed by atoms with Crippen molar-refractivity contribution >= 4 is 20.1 Å². The van der Waals surface area contributed by atoms with Gasteiger partial charge < -0.3 is 9.16 Å². The lowest BCUT2D eigenvalue weighted by atomic mass is 10.1. The molecule has 0 spiro atoms. The summed E-state index contributed by atoms with van der Waals surface area (Å²) in [6, 6.07) is 6.94. The van der Waals surface area contributed by atoms with Gasteiger partial charge in [0.1, 0.15) is 12.2 Å². The van der Waals surface area contributed by atoms with E-state index in [-0.39, 0.29) is 17.2 Å². The van der Waals surface area contributed by atoms with Crippen molar-refractivity contribution in [3.05, 3.63) is 29.8 Å². The molecule has 0 aliphatic carbocycles. The van der Waals surface area contributed by atoms with Crippen LogP contribution in [0.2, 0.25) is 18.1 Å². The Balaban J connectivity index is 2.79. The highest BCUT2D eigenvalue weighted by molar-refractivity contribution is 6.74. The largest absolute Gasteiger partial charge is 0.544 e. The third kappa shape index (κ3) is 4.70. The molecule has 0 fully saturated rings. The molecule has 0 aromatic heterocycles. The fraction of sp³-hybridized carbons (Fsp3) is 0.500. The van der Waals surface area contributed by atoms with Crippen LogP contribution in [0.1, 0.15) is 37.6 Å². The lowest BCUT2D eigenvalue weighted by molar-refractivity contribution is -0.139. The van der Waals surface area contributed by atoms with Crippen LogP contribution in [-0.2, 0) is 9.53 Å². The van der Waals surface area contributed by atoms with E-state index in [1.807, 2.05) is 0 Å². The molecular weight excluding hydrogens is 284 g/mol. The first-order valence-corrected chi connectivity index (χ1v) is 9.87. The van der Waals surface area contributed by atoms with Crippen molar-refractivity contribution in [3.8, 4) is 5.75 Å². The van der Waals surface area contributed by atoms with Crippen LogP contribution in [0.3, 0.4) is 0 Å². The number of ether oxygens (including phenoxy) is 1. The molecule has 0 atom stereocenters. The van der Waals surface area contributed by atoms with Crippen molar-refractivity contribution in [3.63, 3.8) is 0 Å². The van der Waals surface area contributed by atoms with Gasteiger partial charge in [0.2, 0.25) is 8.32 Å². The number of carbonyl (C=O) groups is 2. The first-order chi connectivity index (χ1) is 9.56. The van der Waals surface area contributed by atoms with E-state index in [9.17, 15) is 9.59 Å². The Labute approximate surface area is 127 Å². The molecule has 0 unspecified atom stereocenters. The van der Waals surface area contributed by atoms with Crippen LogP contribution in [0, 0.1) is 0 Å². The summed E-state index contributed by atoms with van der Waals surface area (Å²) in [4.78, 5) is 22.9. The van der Waals surface area contributed by atoms with E-state index in [2.05, 4.69) is 38.6 Å². The van der Waals surface area contributed by atoms with Crippen molar-refractivity contribution in [2.24, 2.45) is 0 Å². The summed E-state index contributed by atoms with van der Waals surface area (Å²) in [5.41, 5.74) is 0.489. The summed E-state index contributed by atoms with van der Waals surface area (Å²) in [7, 11) is -0.612. The Morgan fingerprint density at radius 1 is 1.10 bits per heavy atom. The van der Waals surface area contributed by atoms with Crippen LogP contribution in [0.25, 0.3) is 0 Å². The Kier molecular flexibility index (Phi) is 5.34. The Morgan fingerprint density at radius 3 is 2.05 bits per heavy atom. The summed E-state index contributed by atoms with van der Waals surface area (Å²) in [6.45, 7) is 10.9. The molecule has 0 aliphatic rings. The third-order valence-corrected chi connectivity index (χ3v) is 8.25. The second-order valence-electron chi connectivity index (χ2n) is 6.56. The molecule has 4 nitrogen and oxygen atoms in total. The van der Waals surface area contributed by atoms with E-state index < -0.39 is 14.3 Å². The van der Waals surface area contributed by atoms with E-state index in [4.69, 9.17) is 4.43 Å². The number of Topliss-reactive ketones (excluding diaryl/α,β-unsaturated/α-hetero) is 1. The highest BCUT2D eigenvalue weighted by Crippen LogP contribution is 2.37. The monoisotopic (exact) mass is 308 g/mol. The van der Waals surface area contributed by atoms with E-state index >= 15 is 0 Å². The van der Waals surface area contributed by atoms with Gasteiger partial charge in [0.25, 0.3) is 0 Å². The molecule has 0 aliphatic heterocycles. The van der Waals surface area contributed by atoms with Crippen LogP contribution in [0.15, 0.2) is 24.3 Å². The maximum absolute atomic E-state index is 11.8. The molecule has 0 saturated heterocycles. The zero-order valence-corrected chi connectivity index (χ0v) is 14.6. The molecule has 1 aromatic carbocycles. The Morgan fingerprint density at radius 2 is 1.62 bits per heavy atom. The van der Waals surface area contributed by atoms with Crippen molar-refractivity contribution in [1.82, 2.24) is 0 Å². The maximum atomic E-state index is 11.8. The quantitative estimate of drug-likeness (QED) is 0.359. The highest BCUT2D eigenvalue weighted by Gasteiger charge is 2.38. The zero-order valence-electron chi connectivity index (χ0n) is 13.6. The molecule has 5 heteroatoms. The van der Waals surface area contributed by atoms with Crippen molar-refractivity contribution in [2.45, 2.75) is 45.3 Å². The molecule has 0 heterocycles. The summed E-state index contributed by atoms with van der Waals surface area (Å²) >= 11 is 0. The number of hydrogen-bond acceptors (Lipinski definition) is 4. The summed E-state index contributed by atoms with van der Waals surface area (Å²) in [5, 5.41) is 0.117. The van der Waals surface area contributed by atoms with Gasteiger partial charge in [-0.1, -0.05) is 20.8 Å². The SMILES string of the molecule is COC(=O)CC(=O)c1ccc(O[Si](C)(C)C(C)(C)C)cc1. The lowest BCUT2D eigenvalue weighted by Gasteiger charge is -2.36. The Hall–Kier alpha value is -1.62. The number of carbonyl (C=O) groups excluding carboxylic acids is 2.